The lowest BCUT2D eigenvalue weighted by atomic mass is 10.6. The zero-order chi connectivity index (χ0) is 12.9. The molecule has 0 fully saturated rings. The van der Waals surface area contributed by atoms with Crippen molar-refractivity contribution in [1.29, 1.82) is 0 Å². The molecular formula is C10H22S7. The van der Waals surface area contributed by atoms with Gasteiger partial charge in [0.2, 0.25) is 0 Å². The van der Waals surface area contributed by atoms with Gasteiger partial charge >= 0.3 is 0 Å². The standard InChI is InChI=1S/C10H22S7/c1-9(16-14-5-3-11)7-13-8-10(2)17-15-6-4-12/h9-12H,3-8H2,1-2H3. The molecule has 0 radical (unpaired) electrons. The summed E-state index contributed by atoms with van der Waals surface area (Å²) in [5.41, 5.74) is 0. The Morgan fingerprint density at radius 1 is 0.824 bits per heavy atom. The first-order valence-electron chi connectivity index (χ1n) is 5.56. The maximum absolute atomic E-state index is 4.21. The summed E-state index contributed by atoms with van der Waals surface area (Å²) in [5.74, 6) is 6.77. The first-order chi connectivity index (χ1) is 8.20. The Labute approximate surface area is 138 Å². The summed E-state index contributed by atoms with van der Waals surface area (Å²) in [4.78, 5) is 0. The Morgan fingerprint density at radius 2 is 1.24 bits per heavy atom. The quantitative estimate of drug-likeness (QED) is 0.279. The summed E-state index contributed by atoms with van der Waals surface area (Å²) < 4.78 is 0. The zero-order valence-electron chi connectivity index (χ0n) is 10.3. The molecule has 7 heteroatoms. The highest BCUT2D eigenvalue weighted by atomic mass is 33.1. The van der Waals surface area contributed by atoms with Crippen LogP contribution in [0.5, 0.6) is 0 Å². The second-order valence-electron chi connectivity index (χ2n) is 3.44. The fourth-order valence-electron chi connectivity index (χ4n) is 0.859. The van der Waals surface area contributed by atoms with Crippen LogP contribution in [0.1, 0.15) is 13.8 Å². The molecule has 0 spiro atoms. The van der Waals surface area contributed by atoms with E-state index >= 15 is 0 Å². The smallest absolute Gasteiger partial charge is 0.0213 e. The summed E-state index contributed by atoms with van der Waals surface area (Å²) in [6.45, 7) is 4.63. The Balaban J connectivity index is 3.29. The predicted octanol–water partition coefficient (Wildman–Crippen LogP) is 5.12. The molecule has 0 aliphatic rings. The summed E-state index contributed by atoms with van der Waals surface area (Å²) in [6.07, 6.45) is 0. The molecule has 17 heavy (non-hydrogen) atoms. The van der Waals surface area contributed by atoms with Gasteiger partial charge in [-0.15, -0.1) is 0 Å². The van der Waals surface area contributed by atoms with Gasteiger partial charge in [-0.1, -0.05) is 57.0 Å². The van der Waals surface area contributed by atoms with Crippen LogP contribution < -0.4 is 0 Å². The van der Waals surface area contributed by atoms with Gasteiger partial charge < -0.3 is 0 Å². The largest absolute Gasteiger partial charge is 0.178 e. The van der Waals surface area contributed by atoms with E-state index in [-0.39, 0.29) is 0 Å². The summed E-state index contributed by atoms with van der Waals surface area (Å²) in [6, 6.07) is 0. The lowest BCUT2D eigenvalue weighted by Crippen LogP contribution is -2.04. The molecule has 0 aromatic rings. The van der Waals surface area contributed by atoms with E-state index in [4.69, 9.17) is 0 Å². The number of thioether (sulfide) groups is 1. The van der Waals surface area contributed by atoms with Crippen LogP contribution in [0.3, 0.4) is 0 Å². The number of thiol groups is 2. The molecule has 0 heterocycles. The lowest BCUT2D eigenvalue weighted by Gasteiger charge is -2.12. The second kappa shape index (κ2) is 14.9. The first kappa shape index (κ1) is 19.4. The minimum Gasteiger partial charge on any atom is -0.178 e. The van der Waals surface area contributed by atoms with Gasteiger partial charge in [-0.05, 0) is 0 Å². The third kappa shape index (κ3) is 14.7. The summed E-state index contributed by atoms with van der Waals surface area (Å²) in [7, 11) is 7.89. The van der Waals surface area contributed by atoms with Crippen molar-refractivity contribution in [3.05, 3.63) is 0 Å². The van der Waals surface area contributed by atoms with E-state index in [0.717, 1.165) is 33.5 Å². The van der Waals surface area contributed by atoms with E-state index in [1.807, 2.05) is 43.2 Å². The molecule has 0 saturated heterocycles. The van der Waals surface area contributed by atoms with E-state index in [9.17, 15) is 0 Å². The highest BCUT2D eigenvalue weighted by Gasteiger charge is 2.07. The third-order valence-corrected chi connectivity index (χ3v) is 10.3. The van der Waals surface area contributed by atoms with Gasteiger partial charge in [0.15, 0.2) is 0 Å². The lowest BCUT2D eigenvalue weighted by molar-refractivity contribution is 1.11. The molecule has 0 aromatic carbocycles. The van der Waals surface area contributed by atoms with Gasteiger partial charge in [-0.25, -0.2) is 0 Å². The molecule has 0 nitrogen and oxygen atoms in total. The van der Waals surface area contributed by atoms with Crippen LogP contribution in [0.2, 0.25) is 0 Å². The SMILES string of the molecule is CC(CSCC(C)SSCCS)SSCCS. The molecule has 0 saturated carbocycles. The van der Waals surface area contributed by atoms with Crippen molar-refractivity contribution in [2.45, 2.75) is 24.3 Å². The zero-order valence-corrected chi connectivity index (χ0v) is 16.2. The molecule has 0 N–H and O–H groups in total. The Bertz CT molecular complexity index is 140. The molecule has 0 aromatic heterocycles. The van der Waals surface area contributed by atoms with Gasteiger partial charge in [0.25, 0.3) is 0 Å². The van der Waals surface area contributed by atoms with E-state index in [0.29, 0.717) is 0 Å². The molecular weight excluding hydrogens is 345 g/mol. The topological polar surface area (TPSA) is 0 Å². The Kier molecular flexibility index (Phi) is 17.0. The van der Waals surface area contributed by atoms with Crippen LogP contribution in [-0.4, -0.2) is 45.0 Å². The van der Waals surface area contributed by atoms with Crippen LogP contribution >= 0.6 is 80.2 Å². The van der Waals surface area contributed by atoms with Gasteiger partial charge in [-0.3, -0.25) is 0 Å². The van der Waals surface area contributed by atoms with Crippen LogP contribution in [0, 0.1) is 0 Å². The van der Waals surface area contributed by atoms with Crippen molar-refractivity contribution >= 4 is 80.2 Å². The minimum absolute atomic E-state index is 0.743. The highest BCUT2D eigenvalue weighted by molar-refractivity contribution is 8.77. The van der Waals surface area contributed by atoms with Crippen molar-refractivity contribution < 1.29 is 0 Å². The number of hydrogen-bond donors (Lipinski definition) is 2. The summed E-state index contributed by atoms with van der Waals surface area (Å²) in [5, 5.41) is 1.49. The average Bonchev–Trinajstić information content (AvgIpc) is 2.30. The molecule has 2 atom stereocenters. The van der Waals surface area contributed by atoms with Crippen LogP contribution in [0.25, 0.3) is 0 Å². The van der Waals surface area contributed by atoms with Crippen LogP contribution in [-0.2, 0) is 0 Å². The second-order valence-corrected chi connectivity index (χ2v) is 11.3. The maximum atomic E-state index is 4.21. The van der Waals surface area contributed by atoms with Crippen molar-refractivity contribution in [1.82, 2.24) is 0 Å². The van der Waals surface area contributed by atoms with Crippen LogP contribution in [0.15, 0.2) is 0 Å². The molecule has 104 valence electrons. The van der Waals surface area contributed by atoms with E-state index in [1.165, 1.54) is 11.5 Å². The Morgan fingerprint density at radius 3 is 1.59 bits per heavy atom. The van der Waals surface area contributed by atoms with Gasteiger partial charge in [0, 0.05) is 45.0 Å². The molecule has 0 bridgehead atoms. The molecule has 2 unspecified atom stereocenters. The van der Waals surface area contributed by atoms with Gasteiger partial charge in [0.05, 0.1) is 0 Å². The highest BCUT2D eigenvalue weighted by Crippen LogP contribution is 2.31. The van der Waals surface area contributed by atoms with E-state index in [1.54, 1.807) is 0 Å². The van der Waals surface area contributed by atoms with E-state index < -0.39 is 0 Å². The van der Waals surface area contributed by atoms with Gasteiger partial charge in [-0.2, -0.15) is 37.0 Å². The minimum atomic E-state index is 0.743. The van der Waals surface area contributed by atoms with E-state index in [2.05, 4.69) is 50.9 Å². The maximum Gasteiger partial charge on any atom is 0.0213 e. The monoisotopic (exact) mass is 366 g/mol. The molecule has 0 amide bonds. The average molecular weight is 367 g/mol. The number of hydrogen-bond acceptors (Lipinski definition) is 7. The number of rotatable bonds is 12. The normalized spacial score (nSPS) is 14.8. The third-order valence-electron chi connectivity index (χ3n) is 1.52. The van der Waals surface area contributed by atoms with Crippen molar-refractivity contribution in [2.75, 3.05) is 34.5 Å². The molecule has 0 aliphatic carbocycles. The molecule has 0 aliphatic heterocycles. The first-order valence-corrected chi connectivity index (χ1v) is 12.7. The van der Waals surface area contributed by atoms with Crippen molar-refractivity contribution in [2.24, 2.45) is 0 Å². The van der Waals surface area contributed by atoms with Crippen molar-refractivity contribution in [3.8, 4) is 0 Å². The predicted molar refractivity (Wildman–Crippen MR) is 104 cm³/mol. The van der Waals surface area contributed by atoms with Crippen molar-refractivity contribution in [3.63, 3.8) is 0 Å². The van der Waals surface area contributed by atoms with Gasteiger partial charge in [0.1, 0.15) is 0 Å². The van der Waals surface area contributed by atoms with Crippen LogP contribution in [0.4, 0.5) is 0 Å². The fourth-order valence-corrected chi connectivity index (χ4v) is 8.25. The fraction of sp³-hybridized carbons (Fsp3) is 1.00. The Hall–Kier alpha value is 2.45. The molecule has 0 rings (SSSR count). The summed E-state index contributed by atoms with van der Waals surface area (Å²) >= 11 is 10.5.